The average Bonchev–Trinajstić information content (AvgIpc) is 3.64. The molecule has 3 aromatic rings. The number of likely N-dealkylation sites (N-methyl/N-ethyl adjacent to an activating group) is 1. The summed E-state index contributed by atoms with van der Waals surface area (Å²) in [6, 6.07) is 13.0. The molecule has 1 atom stereocenters. The number of rotatable bonds is 3. The fourth-order valence-electron chi connectivity index (χ4n) is 5.38. The number of H-pyrrole nitrogens is 1. The summed E-state index contributed by atoms with van der Waals surface area (Å²) in [5.74, 6) is 0.560. The molecule has 8 nitrogen and oxygen atoms in total. The summed E-state index contributed by atoms with van der Waals surface area (Å²) in [5.41, 5.74) is 3.62. The lowest BCUT2D eigenvalue weighted by molar-refractivity contribution is 0.00578. The van der Waals surface area contributed by atoms with Crippen LogP contribution in [-0.4, -0.2) is 69.3 Å². The van der Waals surface area contributed by atoms with Crippen molar-refractivity contribution >= 4 is 18.6 Å². The number of nitrogens with zero attached hydrogens (tertiary/aromatic N) is 4. The zero-order valence-electron chi connectivity index (χ0n) is 22.5. The number of aromatic nitrogens is 2. The molecular formula is C28H33BFN5O3. The van der Waals surface area contributed by atoms with E-state index in [9.17, 15) is 9.18 Å². The number of nitrogens with one attached hydrogen (secondary N) is 1. The van der Waals surface area contributed by atoms with Crippen molar-refractivity contribution in [2.45, 2.75) is 58.0 Å². The third-order valence-corrected chi connectivity index (χ3v) is 8.44. The molecule has 0 aliphatic carbocycles. The first-order valence-corrected chi connectivity index (χ1v) is 13.0. The lowest BCUT2D eigenvalue weighted by Gasteiger charge is -2.32. The highest BCUT2D eigenvalue weighted by Crippen LogP contribution is 2.36. The van der Waals surface area contributed by atoms with Crippen LogP contribution in [0, 0.1) is 5.82 Å². The minimum Gasteiger partial charge on any atom is -0.399 e. The van der Waals surface area contributed by atoms with Gasteiger partial charge in [0, 0.05) is 18.7 Å². The smallest absolute Gasteiger partial charge is 0.399 e. The summed E-state index contributed by atoms with van der Waals surface area (Å²) in [7, 11) is 1.58. The maximum atomic E-state index is 14.2. The van der Waals surface area contributed by atoms with Gasteiger partial charge in [0.15, 0.2) is 0 Å². The molecule has 1 N–H and O–H groups in total. The molecule has 2 amide bonds. The minimum absolute atomic E-state index is 0.0570. The van der Waals surface area contributed by atoms with Crippen molar-refractivity contribution < 1.29 is 18.5 Å². The van der Waals surface area contributed by atoms with Crippen molar-refractivity contribution in [3.8, 4) is 11.3 Å². The van der Waals surface area contributed by atoms with Crippen LogP contribution in [0.15, 0.2) is 48.7 Å². The first-order valence-electron chi connectivity index (χ1n) is 13.0. The van der Waals surface area contributed by atoms with E-state index < -0.39 is 7.12 Å². The van der Waals surface area contributed by atoms with E-state index in [2.05, 4.69) is 14.9 Å². The largest absolute Gasteiger partial charge is 0.494 e. The highest BCUT2D eigenvalue weighted by atomic mass is 19.1. The molecule has 1 unspecified atom stereocenters. The molecule has 38 heavy (non-hydrogen) atoms. The number of aromatic amines is 1. The number of benzene rings is 2. The van der Waals surface area contributed by atoms with Crippen molar-refractivity contribution in [2.24, 2.45) is 0 Å². The van der Waals surface area contributed by atoms with Crippen molar-refractivity contribution in [1.29, 1.82) is 0 Å². The molecule has 3 aliphatic rings. The molecule has 198 valence electrons. The fraction of sp³-hybridized carbons (Fsp3) is 0.429. The summed E-state index contributed by atoms with van der Waals surface area (Å²) in [6.07, 6.45) is 1.83. The second-order valence-electron chi connectivity index (χ2n) is 11.5. The number of fused-ring (bicyclic) bond motifs is 1. The standard InChI is InChI=1S/C28H33BFN5O3/c1-27(2)28(3,4)38-29(37-27)20-11-9-18(10-12-20)23-13-31-25(32-23)24-16-35(17-33(24)5)26(36)34-14-19-7-6-8-22(30)21(19)15-34/h6-13,24H,14-17H2,1-5H3,(H,31,32). The van der Waals surface area contributed by atoms with Gasteiger partial charge in [-0.2, -0.15) is 0 Å². The van der Waals surface area contributed by atoms with Crippen LogP contribution in [0.5, 0.6) is 0 Å². The zero-order valence-corrected chi connectivity index (χ0v) is 22.5. The van der Waals surface area contributed by atoms with Crippen LogP contribution >= 0.6 is 0 Å². The molecule has 3 aliphatic heterocycles. The highest BCUT2D eigenvalue weighted by Gasteiger charge is 2.51. The van der Waals surface area contributed by atoms with Gasteiger partial charge in [0.05, 0.1) is 42.3 Å². The van der Waals surface area contributed by atoms with Gasteiger partial charge in [-0.15, -0.1) is 0 Å². The Hall–Kier alpha value is -3.21. The van der Waals surface area contributed by atoms with Crippen LogP contribution in [0.25, 0.3) is 11.3 Å². The lowest BCUT2D eigenvalue weighted by atomic mass is 9.79. The SMILES string of the molecule is CN1CN(C(=O)N2Cc3cccc(F)c3C2)CC1c1ncc(-c2ccc(B3OC(C)(C)C(C)(C)O3)cc2)[nH]1. The summed E-state index contributed by atoms with van der Waals surface area (Å²) in [4.78, 5) is 27.0. The van der Waals surface area contributed by atoms with Gasteiger partial charge >= 0.3 is 13.1 Å². The molecule has 2 fully saturated rings. The van der Waals surface area contributed by atoms with Crippen LogP contribution in [0.4, 0.5) is 9.18 Å². The van der Waals surface area contributed by atoms with Gasteiger partial charge < -0.3 is 24.1 Å². The van der Waals surface area contributed by atoms with Crippen molar-refractivity contribution in [3.05, 3.63) is 71.4 Å². The van der Waals surface area contributed by atoms with E-state index in [1.165, 1.54) is 6.07 Å². The van der Waals surface area contributed by atoms with Gasteiger partial charge in [0.2, 0.25) is 0 Å². The predicted octanol–water partition coefficient (Wildman–Crippen LogP) is 3.90. The molecule has 2 aromatic carbocycles. The number of amides is 2. The summed E-state index contributed by atoms with van der Waals surface area (Å²) >= 11 is 0. The van der Waals surface area contributed by atoms with E-state index in [0.29, 0.717) is 31.9 Å². The van der Waals surface area contributed by atoms with E-state index in [4.69, 9.17) is 9.31 Å². The number of halogens is 1. The number of urea groups is 1. The molecule has 6 rings (SSSR count). The summed E-state index contributed by atoms with van der Waals surface area (Å²) in [6.45, 7) is 9.93. The maximum absolute atomic E-state index is 14.2. The molecular weight excluding hydrogens is 484 g/mol. The molecule has 0 bridgehead atoms. The Morgan fingerprint density at radius 3 is 2.45 bits per heavy atom. The molecule has 0 spiro atoms. The molecule has 10 heteroatoms. The Morgan fingerprint density at radius 1 is 1.05 bits per heavy atom. The van der Waals surface area contributed by atoms with Crippen LogP contribution in [0.2, 0.25) is 0 Å². The van der Waals surface area contributed by atoms with Gasteiger partial charge in [-0.25, -0.2) is 14.2 Å². The number of hydrogen-bond acceptors (Lipinski definition) is 5. The summed E-state index contributed by atoms with van der Waals surface area (Å²) in [5, 5.41) is 0. The topological polar surface area (TPSA) is 73.9 Å². The van der Waals surface area contributed by atoms with Crippen molar-refractivity contribution in [3.63, 3.8) is 0 Å². The monoisotopic (exact) mass is 517 g/mol. The second-order valence-corrected chi connectivity index (χ2v) is 11.5. The lowest BCUT2D eigenvalue weighted by Crippen LogP contribution is -2.41. The first kappa shape index (κ1) is 25.1. The number of carbonyl (C=O) groups excluding carboxylic acids is 1. The predicted molar refractivity (Wildman–Crippen MR) is 143 cm³/mol. The second kappa shape index (κ2) is 8.93. The molecule has 4 heterocycles. The minimum atomic E-state index is -0.401. The van der Waals surface area contributed by atoms with E-state index in [-0.39, 0.29) is 29.1 Å². The van der Waals surface area contributed by atoms with Crippen LogP contribution in [-0.2, 0) is 22.4 Å². The van der Waals surface area contributed by atoms with E-state index in [1.54, 1.807) is 15.9 Å². The molecule has 0 saturated carbocycles. The van der Waals surface area contributed by atoms with Gasteiger partial charge in [0.25, 0.3) is 0 Å². The normalized spacial score (nSPS) is 22.4. The van der Waals surface area contributed by atoms with E-state index in [1.807, 2.05) is 71.3 Å². The van der Waals surface area contributed by atoms with E-state index in [0.717, 1.165) is 28.1 Å². The van der Waals surface area contributed by atoms with Crippen LogP contribution in [0.1, 0.15) is 50.7 Å². The van der Waals surface area contributed by atoms with Crippen LogP contribution in [0.3, 0.4) is 0 Å². The van der Waals surface area contributed by atoms with Crippen molar-refractivity contribution in [1.82, 2.24) is 24.7 Å². The average molecular weight is 517 g/mol. The van der Waals surface area contributed by atoms with Crippen LogP contribution < -0.4 is 5.46 Å². The van der Waals surface area contributed by atoms with Crippen molar-refractivity contribution in [2.75, 3.05) is 20.3 Å². The molecule has 1 aromatic heterocycles. The van der Waals surface area contributed by atoms with Gasteiger partial charge in [-0.05, 0) is 57.4 Å². The van der Waals surface area contributed by atoms with Gasteiger partial charge in [0.1, 0.15) is 11.6 Å². The molecule has 0 radical (unpaired) electrons. The fourth-order valence-corrected chi connectivity index (χ4v) is 5.38. The number of hydrogen-bond donors (Lipinski definition) is 1. The molecule has 2 saturated heterocycles. The first-order chi connectivity index (χ1) is 18.0. The highest BCUT2D eigenvalue weighted by molar-refractivity contribution is 6.62. The zero-order chi connectivity index (χ0) is 26.8. The Morgan fingerprint density at radius 2 is 1.76 bits per heavy atom. The number of imidazole rings is 1. The summed E-state index contributed by atoms with van der Waals surface area (Å²) < 4.78 is 26.5. The third-order valence-electron chi connectivity index (χ3n) is 8.44. The Kier molecular flexibility index (Phi) is 5.90. The number of carbonyl (C=O) groups is 1. The third kappa shape index (κ3) is 4.20. The van der Waals surface area contributed by atoms with Gasteiger partial charge in [-0.3, -0.25) is 4.90 Å². The Balaban J connectivity index is 1.12. The Bertz CT molecular complexity index is 1360. The quantitative estimate of drug-likeness (QED) is 0.534. The Labute approximate surface area is 222 Å². The van der Waals surface area contributed by atoms with E-state index >= 15 is 0 Å². The van der Waals surface area contributed by atoms with Gasteiger partial charge in [-0.1, -0.05) is 36.4 Å². The maximum Gasteiger partial charge on any atom is 0.494 e.